The molecule has 1 unspecified atom stereocenters. The van der Waals surface area contributed by atoms with Gasteiger partial charge in [0.1, 0.15) is 11.9 Å². The maximum absolute atomic E-state index is 5.99. The van der Waals surface area contributed by atoms with E-state index in [4.69, 9.17) is 19.4 Å². The molecule has 0 bridgehead atoms. The molecule has 2 fully saturated rings. The van der Waals surface area contributed by atoms with Crippen LogP contribution < -0.4 is 14.5 Å². The standard InChI is InChI=1S/C24H27N5O2/c1-30-20-6-4-19(5-7-20)28-12-14-29(15-13-28)24-26-17-21(18-8-10-25-11-9-18)23(27-24)22-3-2-16-31-22/h4-11,17,22H,2-3,12-16H2,1H3. The van der Waals surface area contributed by atoms with E-state index in [9.17, 15) is 0 Å². The molecule has 0 N–H and O–H groups in total. The van der Waals surface area contributed by atoms with Crippen LogP contribution in [-0.4, -0.2) is 54.8 Å². The molecule has 3 aromatic rings. The van der Waals surface area contributed by atoms with Crippen molar-refractivity contribution >= 4 is 11.6 Å². The number of nitrogens with zero attached hydrogens (tertiary/aromatic N) is 5. The van der Waals surface area contributed by atoms with Gasteiger partial charge in [-0.1, -0.05) is 0 Å². The normalized spacial score (nSPS) is 18.9. The third-order valence-corrected chi connectivity index (χ3v) is 6.03. The number of ether oxygens (including phenoxy) is 2. The zero-order valence-electron chi connectivity index (χ0n) is 17.8. The van der Waals surface area contributed by atoms with Crippen molar-refractivity contribution in [2.24, 2.45) is 0 Å². The molecule has 160 valence electrons. The molecule has 2 aliphatic heterocycles. The summed E-state index contributed by atoms with van der Waals surface area (Å²) in [7, 11) is 1.69. The highest BCUT2D eigenvalue weighted by Crippen LogP contribution is 2.35. The first-order valence-corrected chi connectivity index (χ1v) is 10.8. The summed E-state index contributed by atoms with van der Waals surface area (Å²) in [6.07, 6.45) is 7.66. The number of methoxy groups -OCH3 is 1. The Morgan fingerprint density at radius 1 is 0.968 bits per heavy atom. The van der Waals surface area contributed by atoms with Crippen molar-refractivity contribution < 1.29 is 9.47 Å². The van der Waals surface area contributed by atoms with Gasteiger partial charge in [-0.05, 0) is 54.8 Å². The van der Waals surface area contributed by atoms with E-state index in [1.165, 1.54) is 5.69 Å². The number of hydrogen-bond acceptors (Lipinski definition) is 7. The highest BCUT2D eigenvalue weighted by Gasteiger charge is 2.26. The van der Waals surface area contributed by atoms with Gasteiger partial charge in [-0.2, -0.15) is 0 Å². The lowest BCUT2D eigenvalue weighted by atomic mass is 10.0. The lowest BCUT2D eigenvalue weighted by Gasteiger charge is -2.36. The number of piperazine rings is 1. The summed E-state index contributed by atoms with van der Waals surface area (Å²) < 4.78 is 11.3. The molecule has 0 saturated carbocycles. The van der Waals surface area contributed by atoms with Crippen LogP contribution in [0.25, 0.3) is 11.1 Å². The van der Waals surface area contributed by atoms with E-state index in [2.05, 4.69) is 26.9 Å². The molecule has 1 aromatic carbocycles. The van der Waals surface area contributed by atoms with Gasteiger partial charge < -0.3 is 19.3 Å². The van der Waals surface area contributed by atoms with Gasteiger partial charge in [0.2, 0.25) is 5.95 Å². The van der Waals surface area contributed by atoms with Crippen LogP contribution in [0.2, 0.25) is 0 Å². The minimum absolute atomic E-state index is 0.0329. The van der Waals surface area contributed by atoms with Crippen molar-refractivity contribution in [3.63, 3.8) is 0 Å². The maximum atomic E-state index is 5.99. The molecule has 1 atom stereocenters. The summed E-state index contributed by atoms with van der Waals surface area (Å²) in [5, 5.41) is 0. The van der Waals surface area contributed by atoms with E-state index in [0.29, 0.717) is 0 Å². The van der Waals surface area contributed by atoms with Crippen molar-refractivity contribution in [1.29, 1.82) is 0 Å². The number of anilines is 2. The average Bonchev–Trinajstić information content (AvgIpc) is 3.39. The van der Waals surface area contributed by atoms with Gasteiger partial charge in [0, 0.05) is 62.6 Å². The Labute approximate surface area is 182 Å². The van der Waals surface area contributed by atoms with Crippen molar-refractivity contribution in [2.75, 3.05) is 49.7 Å². The van der Waals surface area contributed by atoms with Gasteiger partial charge in [0.15, 0.2) is 0 Å². The predicted molar refractivity (Wildman–Crippen MR) is 121 cm³/mol. The van der Waals surface area contributed by atoms with Crippen molar-refractivity contribution in [2.45, 2.75) is 18.9 Å². The zero-order chi connectivity index (χ0) is 21.0. The number of hydrogen-bond donors (Lipinski definition) is 0. The highest BCUT2D eigenvalue weighted by molar-refractivity contribution is 5.66. The predicted octanol–water partition coefficient (Wildman–Crippen LogP) is 3.73. The molecular weight excluding hydrogens is 390 g/mol. The lowest BCUT2D eigenvalue weighted by molar-refractivity contribution is 0.109. The Morgan fingerprint density at radius 3 is 2.39 bits per heavy atom. The van der Waals surface area contributed by atoms with Gasteiger partial charge in [0.25, 0.3) is 0 Å². The molecule has 2 aromatic heterocycles. The van der Waals surface area contributed by atoms with E-state index >= 15 is 0 Å². The second-order valence-electron chi connectivity index (χ2n) is 7.88. The Hall–Kier alpha value is -3.19. The fourth-order valence-corrected chi connectivity index (χ4v) is 4.29. The highest BCUT2D eigenvalue weighted by atomic mass is 16.5. The largest absolute Gasteiger partial charge is 0.497 e. The molecule has 0 radical (unpaired) electrons. The van der Waals surface area contributed by atoms with Crippen LogP contribution in [0.5, 0.6) is 5.75 Å². The van der Waals surface area contributed by atoms with Crippen LogP contribution in [0.4, 0.5) is 11.6 Å². The summed E-state index contributed by atoms with van der Waals surface area (Å²) in [5.74, 6) is 1.67. The Kier molecular flexibility index (Phi) is 5.67. The molecular formula is C24H27N5O2. The quantitative estimate of drug-likeness (QED) is 0.627. The molecule has 2 aliphatic rings. The van der Waals surface area contributed by atoms with E-state index < -0.39 is 0 Å². The van der Waals surface area contributed by atoms with Gasteiger partial charge in [0.05, 0.1) is 12.8 Å². The number of benzene rings is 1. The Balaban J connectivity index is 1.35. The SMILES string of the molecule is COc1ccc(N2CCN(c3ncc(-c4ccncc4)c(C4CCCO4)n3)CC2)cc1. The molecule has 0 spiro atoms. The van der Waals surface area contributed by atoms with Crippen molar-refractivity contribution in [1.82, 2.24) is 15.0 Å². The first-order valence-electron chi connectivity index (χ1n) is 10.8. The Morgan fingerprint density at radius 2 is 1.71 bits per heavy atom. The van der Waals surface area contributed by atoms with Crippen LogP contribution >= 0.6 is 0 Å². The summed E-state index contributed by atoms with van der Waals surface area (Å²) in [4.78, 5) is 18.5. The monoisotopic (exact) mass is 417 g/mol. The molecule has 2 saturated heterocycles. The fourth-order valence-electron chi connectivity index (χ4n) is 4.29. The van der Waals surface area contributed by atoms with Crippen molar-refractivity contribution in [3.05, 3.63) is 60.7 Å². The van der Waals surface area contributed by atoms with Crippen LogP contribution in [0, 0.1) is 0 Å². The molecule has 4 heterocycles. The van der Waals surface area contributed by atoms with Crippen molar-refractivity contribution in [3.8, 4) is 16.9 Å². The smallest absolute Gasteiger partial charge is 0.225 e. The van der Waals surface area contributed by atoms with E-state index in [1.54, 1.807) is 19.5 Å². The fraction of sp³-hybridized carbons (Fsp3) is 0.375. The van der Waals surface area contributed by atoms with Crippen LogP contribution in [0.3, 0.4) is 0 Å². The number of aromatic nitrogens is 3. The van der Waals surface area contributed by atoms with Crippen LogP contribution in [0.1, 0.15) is 24.6 Å². The molecule has 5 rings (SSSR count). The van der Waals surface area contributed by atoms with Crippen LogP contribution in [-0.2, 0) is 4.74 Å². The molecule has 31 heavy (non-hydrogen) atoms. The second-order valence-corrected chi connectivity index (χ2v) is 7.88. The van der Waals surface area contributed by atoms with Crippen LogP contribution in [0.15, 0.2) is 55.0 Å². The topological polar surface area (TPSA) is 63.6 Å². The molecule has 7 heteroatoms. The first kappa shape index (κ1) is 19.8. The molecule has 0 aliphatic carbocycles. The lowest BCUT2D eigenvalue weighted by Crippen LogP contribution is -2.47. The third kappa shape index (κ3) is 4.18. The minimum Gasteiger partial charge on any atom is -0.497 e. The summed E-state index contributed by atoms with van der Waals surface area (Å²) in [5.41, 5.74) is 4.33. The summed E-state index contributed by atoms with van der Waals surface area (Å²) in [6, 6.07) is 12.3. The van der Waals surface area contributed by atoms with Gasteiger partial charge in [-0.15, -0.1) is 0 Å². The molecule has 7 nitrogen and oxygen atoms in total. The van der Waals surface area contributed by atoms with E-state index in [1.807, 2.05) is 30.5 Å². The molecule has 0 amide bonds. The summed E-state index contributed by atoms with van der Waals surface area (Å²) in [6.45, 7) is 4.41. The minimum atomic E-state index is 0.0329. The zero-order valence-corrected chi connectivity index (χ0v) is 17.8. The Bertz CT molecular complexity index is 998. The third-order valence-electron chi connectivity index (χ3n) is 6.03. The number of rotatable bonds is 5. The van der Waals surface area contributed by atoms with Gasteiger partial charge >= 0.3 is 0 Å². The van der Waals surface area contributed by atoms with Gasteiger partial charge in [-0.25, -0.2) is 9.97 Å². The maximum Gasteiger partial charge on any atom is 0.225 e. The first-order chi connectivity index (χ1) is 15.3. The number of pyridine rings is 1. The van der Waals surface area contributed by atoms with E-state index in [-0.39, 0.29) is 6.10 Å². The van der Waals surface area contributed by atoms with E-state index in [0.717, 1.165) is 74.1 Å². The average molecular weight is 418 g/mol. The summed E-state index contributed by atoms with van der Waals surface area (Å²) >= 11 is 0. The second kappa shape index (κ2) is 8.89. The van der Waals surface area contributed by atoms with Gasteiger partial charge in [-0.3, -0.25) is 4.98 Å².